The van der Waals surface area contributed by atoms with E-state index in [0.29, 0.717) is 22.6 Å². The molecule has 3 nitrogen and oxygen atoms in total. The summed E-state index contributed by atoms with van der Waals surface area (Å²) in [4.78, 5) is 0. The standard InChI is InChI=1S/C14H18F3NO2Se/c15-14(16,17)11-5-4-6-12(9-11)21-10-13(18(19)20)7-2-1-3-8-13/h4-6,9,18-19H,1-3,7-8,10H2. The molecule has 118 valence electrons. The fraction of sp³-hybridized carbons (Fsp3) is 0.571. The van der Waals surface area contributed by atoms with Crippen molar-refractivity contribution in [1.29, 1.82) is 0 Å². The van der Waals surface area contributed by atoms with Crippen LogP contribution in [0.1, 0.15) is 37.7 Å². The molecule has 0 heterocycles. The van der Waals surface area contributed by atoms with Crippen molar-refractivity contribution in [2.45, 2.75) is 49.1 Å². The zero-order valence-electron chi connectivity index (χ0n) is 11.4. The van der Waals surface area contributed by atoms with Crippen molar-refractivity contribution in [3.63, 3.8) is 0 Å². The van der Waals surface area contributed by atoms with Gasteiger partial charge in [0.15, 0.2) is 0 Å². The molecule has 1 aliphatic carbocycles. The first-order valence-corrected chi connectivity index (χ1v) is 8.94. The number of alkyl halides is 3. The summed E-state index contributed by atoms with van der Waals surface area (Å²) in [5, 5.41) is 20.7. The number of hydrogen-bond acceptors (Lipinski definition) is 2. The number of hydrogen-bond donors (Lipinski definition) is 2. The first kappa shape index (κ1) is 16.8. The van der Waals surface area contributed by atoms with Gasteiger partial charge in [-0.1, -0.05) is 0 Å². The third-order valence-electron chi connectivity index (χ3n) is 3.94. The Balaban J connectivity index is 2.07. The molecule has 0 aromatic heterocycles. The molecule has 0 spiro atoms. The SMILES string of the molecule is [O-][NH+](O)C1(C[Se]c2cccc(C(F)(F)F)c2)CCCCC1. The van der Waals surface area contributed by atoms with Crippen LogP contribution in [0.3, 0.4) is 0 Å². The second kappa shape index (κ2) is 6.67. The molecular formula is C14H18F3NO2Se. The zero-order chi connectivity index (χ0) is 15.5. The first-order chi connectivity index (χ1) is 9.83. The summed E-state index contributed by atoms with van der Waals surface area (Å²) in [5.41, 5.74) is -1.39. The summed E-state index contributed by atoms with van der Waals surface area (Å²) < 4.78 is 38.7. The van der Waals surface area contributed by atoms with Crippen LogP contribution < -0.4 is 9.69 Å². The summed E-state index contributed by atoms with van der Waals surface area (Å²) in [5.74, 6) is 0. The minimum atomic E-state index is -4.35. The summed E-state index contributed by atoms with van der Waals surface area (Å²) in [6.45, 7) is 0. The second-order valence-corrected chi connectivity index (χ2v) is 7.66. The van der Waals surface area contributed by atoms with Crippen LogP contribution in [-0.2, 0) is 6.18 Å². The van der Waals surface area contributed by atoms with Crippen LogP contribution in [0.5, 0.6) is 0 Å². The number of quaternary nitrogens is 1. The average molecular weight is 368 g/mol. The molecule has 1 aliphatic rings. The van der Waals surface area contributed by atoms with E-state index >= 15 is 0 Å². The van der Waals surface area contributed by atoms with E-state index in [1.54, 1.807) is 6.07 Å². The summed E-state index contributed by atoms with van der Waals surface area (Å²) in [7, 11) is 0. The Bertz CT molecular complexity index is 474. The Labute approximate surface area is 127 Å². The van der Waals surface area contributed by atoms with Crippen molar-refractivity contribution in [2.75, 3.05) is 0 Å². The van der Waals surface area contributed by atoms with E-state index in [1.807, 2.05) is 0 Å². The number of halogens is 3. The Hall–Kier alpha value is -0.591. The van der Waals surface area contributed by atoms with Gasteiger partial charge in [-0.2, -0.15) is 0 Å². The van der Waals surface area contributed by atoms with Gasteiger partial charge in [0.05, 0.1) is 0 Å². The molecular weight excluding hydrogens is 350 g/mol. The van der Waals surface area contributed by atoms with Crippen LogP contribution in [-0.4, -0.2) is 25.7 Å². The summed E-state index contributed by atoms with van der Waals surface area (Å²) in [6.07, 6.45) is -0.227. The molecule has 0 aliphatic heterocycles. The van der Waals surface area contributed by atoms with E-state index in [-0.39, 0.29) is 15.0 Å². The van der Waals surface area contributed by atoms with Gasteiger partial charge in [0.1, 0.15) is 0 Å². The maximum absolute atomic E-state index is 12.7. The van der Waals surface area contributed by atoms with Crippen molar-refractivity contribution >= 4 is 19.4 Å². The number of nitrogens with one attached hydrogen (secondary N) is 1. The molecule has 7 heteroatoms. The van der Waals surface area contributed by atoms with Gasteiger partial charge in [-0.25, -0.2) is 0 Å². The van der Waals surface area contributed by atoms with Crippen molar-refractivity contribution < 1.29 is 23.6 Å². The van der Waals surface area contributed by atoms with Gasteiger partial charge in [0.25, 0.3) is 0 Å². The fourth-order valence-corrected chi connectivity index (χ4v) is 5.23. The van der Waals surface area contributed by atoms with Crippen molar-refractivity contribution in [3.8, 4) is 0 Å². The van der Waals surface area contributed by atoms with Crippen molar-refractivity contribution in [1.82, 2.24) is 0 Å². The van der Waals surface area contributed by atoms with Crippen LogP contribution in [0.4, 0.5) is 13.2 Å². The Kier molecular flexibility index (Phi) is 5.33. The molecule has 2 N–H and O–H groups in total. The predicted octanol–water partition coefficient (Wildman–Crippen LogP) is 1.93. The first-order valence-electron chi connectivity index (χ1n) is 6.87. The summed E-state index contributed by atoms with van der Waals surface area (Å²) in [6, 6.07) is 5.26. The van der Waals surface area contributed by atoms with Crippen molar-refractivity contribution in [3.05, 3.63) is 35.0 Å². The molecule has 1 unspecified atom stereocenters. The molecule has 0 radical (unpaired) electrons. The van der Waals surface area contributed by atoms with Crippen LogP contribution in [0.2, 0.25) is 5.32 Å². The molecule has 1 atom stereocenters. The molecule has 0 amide bonds. The van der Waals surface area contributed by atoms with E-state index in [9.17, 15) is 23.6 Å². The Morgan fingerprint density at radius 3 is 2.48 bits per heavy atom. The third-order valence-corrected chi connectivity index (χ3v) is 6.64. The van der Waals surface area contributed by atoms with Gasteiger partial charge >= 0.3 is 127 Å². The van der Waals surface area contributed by atoms with Gasteiger partial charge in [-0.3, -0.25) is 0 Å². The quantitative estimate of drug-likeness (QED) is 0.630. The van der Waals surface area contributed by atoms with Gasteiger partial charge < -0.3 is 0 Å². The molecule has 1 aromatic carbocycles. The van der Waals surface area contributed by atoms with E-state index in [1.165, 1.54) is 6.07 Å². The van der Waals surface area contributed by atoms with E-state index in [0.717, 1.165) is 31.4 Å². The number of rotatable bonds is 4. The molecule has 1 saturated carbocycles. The monoisotopic (exact) mass is 369 g/mol. The average Bonchev–Trinajstić information content (AvgIpc) is 2.45. The van der Waals surface area contributed by atoms with E-state index in [2.05, 4.69) is 0 Å². The van der Waals surface area contributed by atoms with Crippen LogP contribution in [0, 0.1) is 5.21 Å². The van der Waals surface area contributed by atoms with Crippen LogP contribution >= 0.6 is 0 Å². The Morgan fingerprint density at radius 1 is 1.24 bits per heavy atom. The van der Waals surface area contributed by atoms with Gasteiger partial charge in [0.2, 0.25) is 0 Å². The van der Waals surface area contributed by atoms with E-state index < -0.39 is 22.5 Å². The van der Waals surface area contributed by atoms with E-state index in [4.69, 9.17) is 0 Å². The van der Waals surface area contributed by atoms with Crippen LogP contribution in [0.15, 0.2) is 24.3 Å². The normalized spacial score (nSPS) is 20.2. The van der Waals surface area contributed by atoms with Gasteiger partial charge in [-0.05, 0) is 0 Å². The Morgan fingerprint density at radius 2 is 1.90 bits per heavy atom. The minimum absolute atomic E-state index is 0.253. The van der Waals surface area contributed by atoms with Crippen LogP contribution in [0.25, 0.3) is 0 Å². The molecule has 1 fully saturated rings. The third kappa shape index (κ3) is 4.20. The molecule has 2 rings (SSSR count). The second-order valence-electron chi connectivity index (χ2n) is 5.46. The van der Waals surface area contributed by atoms with Gasteiger partial charge in [-0.15, -0.1) is 0 Å². The number of benzene rings is 1. The molecule has 21 heavy (non-hydrogen) atoms. The zero-order valence-corrected chi connectivity index (χ0v) is 13.2. The molecule has 1 aromatic rings. The fourth-order valence-electron chi connectivity index (χ4n) is 2.63. The molecule has 0 saturated heterocycles. The van der Waals surface area contributed by atoms with Gasteiger partial charge in [0, 0.05) is 0 Å². The summed E-state index contributed by atoms with van der Waals surface area (Å²) >= 11 is -0.253. The van der Waals surface area contributed by atoms with Crippen molar-refractivity contribution in [2.24, 2.45) is 0 Å². The predicted molar refractivity (Wildman–Crippen MR) is 73.6 cm³/mol. The maximum atomic E-state index is 12.7. The topological polar surface area (TPSA) is 47.7 Å². The molecule has 0 bridgehead atoms. The number of hydroxylamine groups is 2.